The number of carboxylic acids is 1. The molecule has 1 heterocycles. The molecule has 1 aliphatic heterocycles. The Morgan fingerprint density at radius 3 is 2.53 bits per heavy atom. The van der Waals surface area contributed by atoms with Gasteiger partial charge in [-0.15, -0.1) is 0 Å². The highest BCUT2D eigenvalue weighted by Crippen LogP contribution is 2.39. The normalized spacial score (nSPS) is 15.8. The number of carboxylic acid groups (broad SMARTS) is 1. The third-order valence-corrected chi connectivity index (χ3v) is 3.00. The molecule has 1 N–H and O–H groups in total. The van der Waals surface area contributed by atoms with Crippen LogP contribution in [0.2, 0.25) is 0 Å². The van der Waals surface area contributed by atoms with Gasteiger partial charge < -0.3 is 10.0 Å². The standard InChI is InChI=1S/C12H9F3N2O2/c13-12(14,15)9-3-7(4-16)1-2-10(9)17-5-8(6-17)11(18)19/h1-3,8H,5-6H2,(H,18,19). The fourth-order valence-corrected chi connectivity index (χ4v) is 1.94. The number of hydrogen-bond donors (Lipinski definition) is 1. The number of benzene rings is 1. The van der Waals surface area contributed by atoms with Crippen molar-refractivity contribution in [1.82, 2.24) is 0 Å². The number of aliphatic carboxylic acids is 1. The van der Waals surface area contributed by atoms with Crippen molar-refractivity contribution in [2.24, 2.45) is 5.92 Å². The first-order chi connectivity index (χ1) is 8.82. The van der Waals surface area contributed by atoms with E-state index in [4.69, 9.17) is 10.4 Å². The molecule has 0 aliphatic carbocycles. The molecule has 1 saturated heterocycles. The molecule has 0 bridgehead atoms. The van der Waals surface area contributed by atoms with E-state index in [0.717, 1.165) is 6.07 Å². The van der Waals surface area contributed by atoms with Crippen LogP contribution in [0, 0.1) is 17.2 Å². The van der Waals surface area contributed by atoms with Crippen LogP contribution in [0.4, 0.5) is 18.9 Å². The molecule has 0 saturated carbocycles. The molecule has 1 fully saturated rings. The molecular weight excluding hydrogens is 261 g/mol. The summed E-state index contributed by atoms with van der Waals surface area (Å²) in [5, 5.41) is 17.4. The molecular formula is C12H9F3N2O2. The van der Waals surface area contributed by atoms with Crippen LogP contribution in [0.25, 0.3) is 0 Å². The van der Waals surface area contributed by atoms with Gasteiger partial charge in [0.2, 0.25) is 0 Å². The van der Waals surface area contributed by atoms with E-state index in [1.165, 1.54) is 17.0 Å². The van der Waals surface area contributed by atoms with E-state index in [1.54, 1.807) is 6.07 Å². The topological polar surface area (TPSA) is 64.3 Å². The van der Waals surface area contributed by atoms with Gasteiger partial charge in [-0.25, -0.2) is 0 Å². The number of carbonyl (C=O) groups is 1. The maximum atomic E-state index is 12.9. The minimum absolute atomic E-state index is 0.0459. The van der Waals surface area contributed by atoms with Gasteiger partial charge in [0, 0.05) is 18.8 Å². The first-order valence-electron chi connectivity index (χ1n) is 5.42. The summed E-state index contributed by atoms with van der Waals surface area (Å²) in [6, 6.07) is 4.94. The lowest BCUT2D eigenvalue weighted by atomic mass is 9.97. The predicted octanol–water partition coefficient (Wildman–Crippen LogP) is 2.10. The van der Waals surface area contributed by atoms with Crippen LogP contribution in [0.5, 0.6) is 0 Å². The number of nitrogens with zero attached hydrogens (tertiary/aromatic N) is 2. The summed E-state index contributed by atoms with van der Waals surface area (Å²) in [6.07, 6.45) is -4.57. The average Bonchev–Trinajstić information content (AvgIpc) is 2.25. The molecule has 100 valence electrons. The molecule has 0 aromatic heterocycles. The third-order valence-electron chi connectivity index (χ3n) is 3.00. The maximum Gasteiger partial charge on any atom is 0.418 e. The number of anilines is 1. The van der Waals surface area contributed by atoms with Crippen LogP contribution in [-0.2, 0) is 11.0 Å². The molecule has 0 amide bonds. The quantitative estimate of drug-likeness (QED) is 0.893. The van der Waals surface area contributed by atoms with Crippen molar-refractivity contribution in [3.8, 4) is 6.07 Å². The Labute approximate surface area is 106 Å². The molecule has 0 radical (unpaired) electrons. The van der Waals surface area contributed by atoms with Gasteiger partial charge in [0.1, 0.15) is 0 Å². The Hall–Kier alpha value is -2.23. The highest BCUT2D eigenvalue weighted by molar-refractivity contribution is 5.75. The van der Waals surface area contributed by atoms with E-state index in [9.17, 15) is 18.0 Å². The Morgan fingerprint density at radius 2 is 2.05 bits per heavy atom. The van der Waals surface area contributed by atoms with Crippen molar-refractivity contribution in [3.05, 3.63) is 29.3 Å². The van der Waals surface area contributed by atoms with Crippen LogP contribution in [0.15, 0.2) is 18.2 Å². The molecule has 0 spiro atoms. The second-order valence-electron chi connectivity index (χ2n) is 4.28. The summed E-state index contributed by atoms with van der Waals surface area (Å²) in [7, 11) is 0. The number of nitriles is 1. The van der Waals surface area contributed by atoms with E-state index >= 15 is 0 Å². The summed E-state index contributed by atoms with van der Waals surface area (Å²) >= 11 is 0. The van der Waals surface area contributed by atoms with Crippen molar-refractivity contribution >= 4 is 11.7 Å². The minimum Gasteiger partial charge on any atom is -0.481 e. The van der Waals surface area contributed by atoms with Crippen LogP contribution in [-0.4, -0.2) is 24.2 Å². The SMILES string of the molecule is N#Cc1ccc(N2CC(C(=O)O)C2)c(C(F)(F)F)c1. The van der Waals surface area contributed by atoms with Gasteiger partial charge in [-0.1, -0.05) is 0 Å². The van der Waals surface area contributed by atoms with Crippen molar-refractivity contribution in [2.45, 2.75) is 6.18 Å². The molecule has 0 unspecified atom stereocenters. The molecule has 1 aromatic rings. The fraction of sp³-hybridized carbons (Fsp3) is 0.333. The second kappa shape index (κ2) is 4.46. The summed E-state index contributed by atoms with van der Waals surface area (Å²) in [6.45, 7) is 0.0919. The lowest BCUT2D eigenvalue weighted by Gasteiger charge is -2.39. The first kappa shape index (κ1) is 13.2. The van der Waals surface area contributed by atoms with E-state index in [0.29, 0.717) is 0 Å². The lowest BCUT2D eigenvalue weighted by molar-refractivity contribution is -0.142. The molecule has 1 aromatic carbocycles. The van der Waals surface area contributed by atoms with Gasteiger partial charge in [0.25, 0.3) is 0 Å². The van der Waals surface area contributed by atoms with Gasteiger partial charge >= 0.3 is 12.1 Å². The Kier molecular flexibility index (Phi) is 3.10. The zero-order valence-corrected chi connectivity index (χ0v) is 9.61. The van der Waals surface area contributed by atoms with Crippen molar-refractivity contribution in [1.29, 1.82) is 5.26 Å². The monoisotopic (exact) mass is 270 g/mol. The Balaban J connectivity index is 2.32. The second-order valence-corrected chi connectivity index (χ2v) is 4.28. The smallest absolute Gasteiger partial charge is 0.418 e. The zero-order valence-electron chi connectivity index (χ0n) is 9.61. The maximum absolute atomic E-state index is 12.9. The van der Waals surface area contributed by atoms with Gasteiger partial charge in [-0.05, 0) is 18.2 Å². The first-order valence-corrected chi connectivity index (χ1v) is 5.42. The summed E-state index contributed by atoms with van der Waals surface area (Å²) in [5.74, 6) is -1.66. The van der Waals surface area contributed by atoms with Crippen molar-refractivity contribution < 1.29 is 23.1 Å². The molecule has 7 heteroatoms. The van der Waals surface area contributed by atoms with E-state index in [2.05, 4.69) is 0 Å². The number of alkyl halides is 3. The molecule has 1 aliphatic rings. The average molecular weight is 270 g/mol. The van der Waals surface area contributed by atoms with Gasteiger partial charge in [-0.3, -0.25) is 4.79 Å². The fourth-order valence-electron chi connectivity index (χ4n) is 1.94. The van der Waals surface area contributed by atoms with Crippen molar-refractivity contribution in [3.63, 3.8) is 0 Å². The lowest BCUT2D eigenvalue weighted by Crippen LogP contribution is -2.51. The summed E-state index contributed by atoms with van der Waals surface area (Å²) < 4.78 is 38.7. The number of rotatable bonds is 2. The summed E-state index contributed by atoms with van der Waals surface area (Å²) in [5.41, 5.74) is -1.06. The predicted molar refractivity (Wildman–Crippen MR) is 59.5 cm³/mol. The largest absolute Gasteiger partial charge is 0.481 e. The van der Waals surface area contributed by atoms with Crippen LogP contribution >= 0.6 is 0 Å². The number of hydrogen-bond acceptors (Lipinski definition) is 3. The van der Waals surface area contributed by atoms with Crippen molar-refractivity contribution in [2.75, 3.05) is 18.0 Å². The highest BCUT2D eigenvalue weighted by Gasteiger charge is 2.39. The highest BCUT2D eigenvalue weighted by atomic mass is 19.4. The van der Waals surface area contributed by atoms with E-state index in [1.807, 2.05) is 0 Å². The molecule has 0 atom stereocenters. The van der Waals surface area contributed by atoms with Crippen LogP contribution < -0.4 is 4.90 Å². The van der Waals surface area contributed by atoms with Gasteiger partial charge in [-0.2, -0.15) is 18.4 Å². The molecule has 4 nitrogen and oxygen atoms in total. The van der Waals surface area contributed by atoms with E-state index in [-0.39, 0.29) is 24.3 Å². The summed E-state index contributed by atoms with van der Waals surface area (Å²) in [4.78, 5) is 12.0. The zero-order chi connectivity index (χ0) is 14.2. The third kappa shape index (κ3) is 2.47. The Bertz CT molecular complexity index is 557. The molecule has 2 rings (SSSR count). The minimum atomic E-state index is -4.57. The number of halogens is 3. The van der Waals surface area contributed by atoms with Crippen LogP contribution in [0.3, 0.4) is 0 Å². The Morgan fingerprint density at radius 1 is 1.42 bits per heavy atom. The molecule has 19 heavy (non-hydrogen) atoms. The van der Waals surface area contributed by atoms with Gasteiger partial charge in [0.15, 0.2) is 0 Å². The van der Waals surface area contributed by atoms with Crippen LogP contribution in [0.1, 0.15) is 11.1 Å². The van der Waals surface area contributed by atoms with Gasteiger partial charge in [0.05, 0.1) is 23.1 Å². The van der Waals surface area contributed by atoms with E-state index < -0.39 is 23.6 Å².